The zero-order valence-corrected chi connectivity index (χ0v) is 17.1. The number of nitrogens with one attached hydrogen (secondary N) is 1. The first-order valence-corrected chi connectivity index (χ1v) is 9.79. The molecule has 11 heteroatoms. The molecular formula is C21H19F4N3O4. The minimum Gasteiger partial charge on any atom is -0.487 e. The number of pyridine rings is 1. The number of amides is 1. The number of nitrogens with zero attached hydrogens (tertiary/aromatic N) is 2. The molecular weight excluding hydrogens is 434 g/mol. The van der Waals surface area contributed by atoms with E-state index in [1.54, 1.807) is 6.92 Å². The van der Waals surface area contributed by atoms with Gasteiger partial charge in [0.2, 0.25) is 17.7 Å². The van der Waals surface area contributed by atoms with Crippen molar-refractivity contribution in [3.63, 3.8) is 0 Å². The van der Waals surface area contributed by atoms with Gasteiger partial charge in [-0.25, -0.2) is 27.5 Å². The van der Waals surface area contributed by atoms with E-state index in [0.29, 0.717) is 5.52 Å². The number of carbonyl (C=O) groups is 1. The van der Waals surface area contributed by atoms with Crippen molar-refractivity contribution in [1.29, 1.82) is 0 Å². The Kier molecular flexibility index (Phi) is 5.66. The number of hydrogen-bond donors (Lipinski definition) is 1. The van der Waals surface area contributed by atoms with Gasteiger partial charge in [-0.3, -0.25) is 4.79 Å². The third-order valence-corrected chi connectivity index (χ3v) is 4.81. The van der Waals surface area contributed by atoms with E-state index < -0.39 is 35.8 Å². The molecule has 1 aliphatic rings. The predicted octanol–water partition coefficient (Wildman–Crippen LogP) is 4.11. The van der Waals surface area contributed by atoms with E-state index >= 15 is 0 Å². The number of benzene rings is 1. The fraction of sp³-hybridized carbons (Fsp3) is 0.381. The van der Waals surface area contributed by atoms with Crippen molar-refractivity contribution >= 4 is 17.0 Å². The van der Waals surface area contributed by atoms with Gasteiger partial charge in [-0.2, -0.15) is 0 Å². The first kappa shape index (κ1) is 21.8. The summed E-state index contributed by atoms with van der Waals surface area (Å²) in [7, 11) is 0. The van der Waals surface area contributed by atoms with Crippen LogP contribution in [-0.4, -0.2) is 41.1 Å². The van der Waals surface area contributed by atoms with Crippen molar-refractivity contribution in [1.82, 2.24) is 15.3 Å². The lowest BCUT2D eigenvalue weighted by Gasteiger charge is -2.12. The van der Waals surface area contributed by atoms with E-state index in [1.807, 2.05) is 0 Å². The van der Waals surface area contributed by atoms with Crippen LogP contribution in [0.25, 0.3) is 22.6 Å². The Hall–Kier alpha value is -3.37. The zero-order valence-electron chi connectivity index (χ0n) is 17.1. The summed E-state index contributed by atoms with van der Waals surface area (Å²) in [5.74, 6) is -6.75. The van der Waals surface area contributed by atoms with Crippen LogP contribution in [0.2, 0.25) is 0 Å². The summed E-state index contributed by atoms with van der Waals surface area (Å²) in [6.07, 6.45) is 1.02. The van der Waals surface area contributed by atoms with Crippen molar-refractivity contribution < 1.29 is 36.2 Å². The van der Waals surface area contributed by atoms with Gasteiger partial charge in [-0.15, -0.1) is 0 Å². The van der Waals surface area contributed by atoms with Gasteiger partial charge in [0, 0.05) is 25.0 Å². The number of alkyl halides is 2. The van der Waals surface area contributed by atoms with Crippen LogP contribution in [0.5, 0.6) is 11.6 Å². The average molecular weight is 453 g/mol. The Morgan fingerprint density at radius 1 is 1.28 bits per heavy atom. The van der Waals surface area contributed by atoms with Gasteiger partial charge in [-0.1, -0.05) is 0 Å². The van der Waals surface area contributed by atoms with Crippen LogP contribution in [0.15, 0.2) is 28.8 Å². The fourth-order valence-corrected chi connectivity index (χ4v) is 3.07. The van der Waals surface area contributed by atoms with Crippen molar-refractivity contribution in [2.75, 3.05) is 13.2 Å². The van der Waals surface area contributed by atoms with Crippen LogP contribution in [0.3, 0.4) is 0 Å². The average Bonchev–Trinajstić information content (AvgIpc) is 3.12. The number of halogens is 4. The highest BCUT2D eigenvalue weighted by molar-refractivity contribution is 5.76. The molecule has 2 atom stereocenters. The maximum absolute atomic E-state index is 14.4. The van der Waals surface area contributed by atoms with Gasteiger partial charge in [0.15, 0.2) is 23.0 Å². The Morgan fingerprint density at radius 2 is 1.97 bits per heavy atom. The van der Waals surface area contributed by atoms with E-state index in [9.17, 15) is 22.4 Å². The molecule has 1 aromatic carbocycles. The van der Waals surface area contributed by atoms with Gasteiger partial charge in [-0.05, 0) is 19.1 Å². The molecule has 1 saturated carbocycles. The summed E-state index contributed by atoms with van der Waals surface area (Å²) < 4.78 is 70.6. The van der Waals surface area contributed by atoms with Crippen LogP contribution in [0, 0.1) is 17.6 Å². The molecule has 4 rings (SSSR count). The summed E-state index contributed by atoms with van der Waals surface area (Å²) in [4.78, 5) is 19.3. The lowest BCUT2D eigenvalue weighted by atomic mass is 10.2. The van der Waals surface area contributed by atoms with E-state index in [-0.39, 0.29) is 47.9 Å². The second-order valence-electron chi connectivity index (χ2n) is 7.66. The van der Waals surface area contributed by atoms with Crippen LogP contribution in [-0.2, 0) is 4.79 Å². The maximum atomic E-state index is 14.4. The van der Waals surface area contributed by atoms with Crippen LogP contribution in [0.4, 0.5) is 17.6 Å². The maximum Gasteiger partial charge on any atom is 0.255 e. The summed E-state index contributed by atoms with van der Waals surface area (Å²) in [6.45, 7) is 2.85. The van der Waals surface area contributed by atoms with E-state index in [1.165, 1.54) is 19.2 Å². The molecule has 0 saturated heterocycles. The molecule has 2 heterocycles. The number of aromatic nitrogens is 2. The molecule has 2 aromatic heterocycles. The normalized spacial score (nSPS) is 17.8. The Labute approximate surface area is 179 Å². The van der Waals surface area contributed by atoms with Crippen molar-refractivity contribution in [3.8, 4) is 23.1 Å². The number of oxazole rings is 1. The number of rotatable bonds is 8. The molecule has 170 valence electrons. The zero-order chi connectivity index (χ0) is 23.0. The molecule has 1 amide bonds. The number of fused-ring (bicyclic) bond motifs is 1. The van der Waals surface area contributed by atoms with Gasteiger partial charge in [0.25, 0.3) is 5.92 Å². The number of carbonyl (C=O) groups excluding carboxylic acids is 1. The molecule has 0 radical (unpaired) electrons. The Bertz CT molecular complexity index is 1140. The topological polar surface area (TPSA) is 86.5 Å². The predicted molar refractivity (Wildman–Crippen MR) is 104 cm³/mol. The number of hydrogen-bond acceptors (Lipinski definition) is 6. The van der Waals surface area contributed by atoms with Gasteiger partial charge < -0.3 is 19.2 Å². The third kappa shape index (κ3) is 4.76. The van der Waals surface area contributed by atoms with Crippen molar-refractivity contribution in [2.24, 2.45) is 5.92 Å². The Morgan fingerprint density at radius 3 is 2.59 bits per heavy atom. The molecule has 1 N–H and O–H groups in total. The van der Waals surface area contributed by atoms with Crippen molar-refractivity contribution in [2.45, 2.75) is 32.2 Å². The molecule has 3 aromatic rings. The third-order valence-electron chi connectivity index (χ3n) is 4.81. The molecule has 1 unspecified atom stereocenters. The second kappa shape index (κ2) is 8.29. The summed E-state index contributed by atoms with van der Waals surface area (Å²) in [6, 6.07) is 3.13. The molecule has 32 heavy (non-hydrogen) atoms. The van der Waals surface area contributed by atoms with E-state index in [2.05, 4.69) is 15.3 Å². The first-order chi connectivity index (χ1) is 15.1. The van der Waals surface area contributed by atoms with E-state index in [0.717, 1.165) is 12.1 Å². The summed E-state index contributed by atoms with van der Waals surface area (Å²) in [5, 5.41) is 2.67. The van der Waals surface area contributed by atoms with E-state index in [4.69, 9.17) is 13.9 Å². The molecule has 1 fully saturated rings. The summed E-state index contributed by atoms with van der Waals surface area (Å²) >= 11 is 0. The largest absolute Gasteiger partial charge is 0.487 e. The van der Waals surface area contributed by atoms with Crippen LogP contribution >= 0.6 is 0 Å². The van der Waals surface area contributed by atoms with Gasteiger partial charge in [0.1, 0.15) is 12.1 Å². The smallest absolute Gasteiger partial charge is 0.255 e. The minimum atomic E-state index is -2.84. The SMILES string of the molecule is CC(=O)N[C@@H](C)COc1cc2oc(-c3cc(F)c(OCC4CC4(F)F)c(F)c3)nc2cn1. The first-order valence-electron chi connectivity index (χ1n) is 9.79. The lowest BCUT2D eigenvalue weighted by molar-refractivity contribution is -0.119. The van der Waals surface area contributed by atoms with Crippen LogP contribution < -0.4 is 14.8 Å². The van der Waals surface area contributed by atoms with Gasteiger partial charge >= 0.3 is 0 Å². The molecule has 0 aliphatic heterocycles. The standard InChI is InChI=1S/C21H19F4N3O4/c1-10(27-11(2)29)8-30-18-5-17-16(7-26-18)28-20(32-17)12-3-14(22)19(15(23)4-12)31-9-13-6-21(13,24)25/h3-5,7,10,13H,6,8-9H2,1-2H3,(H,27,29)/t10-,13?/m0/s1. The highest BCUT2D eigenvalue weighted by atomic mass is 19.3. The molecule has 0 spiro atoms. The molecule has 0 bridgehead atoms. The van der Waals surface area contributed by atoms with Crippen LogP contribution in [0.1, 0.15) is 20.3 Å². The van der Waals surface area contributed by atoms with Crippen molar-refractivity contribution in [3.05, 3.63) is 36.0 Å². The molecule has 1 aliphatic carbocycles. The number of ether oxygens (including phenoxy) is 2. The minimum absolute atomic E-state index is 0.00190. The Balaban J connectivity index is 1.48. The second-order valence-corrected chi connectivity index (χ2v) is 7.66. The quantitative estimate of drug-likeness (QED) is 0.517. The lowest BCUT2D eigenvalue weighted by Crippen LogP contribution is -2.35. The van der Waals surface area contributed by atoms with Gasteiger partial charge in [0.05, 0.1) is 24.8 Å². The molecule has 7 nitrogen and oxygen atoms in total. The highest BCUT2D eigenvalue weighted by Gasteiger charge is 2.57. The summed E-state index contributed by atoms with van der Waals surface area (Å²) in [5.41, 5.74) is 0.607. The fourth-order valence-electron chi connectivity index (χ4n) is 3.07. The monoisotopic (exact) mass is 453 g/mol. The highest BCUT2D eigenvalue weighted by Crippen LogP contribution is 2.48.